The molecule has 0 aromatic heterocycles. The number of ether oxygens (including phenoxy) is 2. The third-order valence-corrected chi connectivity index (χ3v) is 4.85. The Hall–Kier alpha value is -1.42. The van der Waals surface area contributed by atoms with Crippen LogP contribution in [0.15, 0.2) is 36.4 Å². The highest BCUT2D eigenvalue weighted by Crippen LogP contribution is 2.37. The predicted molar refractivity (Wildman–Crippen MR) is 110 cm³/mol. The molecule has 0 saturated carbocycles. The van der Waals surface area contributed by atoms with Gasteiger partial charge in [-0.1, -0.05) is 42.3 Å². The Kier molecular flexibility index (Phi) is 7.63. The van der Waals surface area contributed by atoms with E-state index in [-0.39, 0.29) is 5.54 Å². The van der Waals surface area contributed by atoms with Gasteiger partial charge in [0.05, 0.1) is 11.6 Å². The van der Waals surface area contributed by atoms with Gasteiger partial charge in [-0.25, -0.2) is 0 Å². The van der Waals surface area contributed by atoms with Crippen molar-refractivity contribution in [3.05, 3.63) is 57.6 Å². The first-order chi connectivity index (χ1) is 12.3. The van der Waals surface area contributed by atoms with Gasteiger partial charge in [0.2, 0.25) is 0 Å². The van der Waals surface area contributed by atoms with Gasteiger partial charge in [-0.2, -0.15) is 0 Å². The van der Waals surface area contributed by atoms with E-state index in [1.54, 1.807) is 0 Å². The lowest BCUT2D eigenvalue weighted by Crippen LogP contribution is -2.37. The van der Waals surface area contributed by atoms with Crippen LogP contribution in [0.4, 0.5) is 0 Å². The van der Waals surface area contributed by atoms with Gasteiger partial charge in [0.25, 0.3) is 0 Å². The maximum atomic E-state index is 6.49. The fraction of sp³-hybridized carbons (Fsp3) is 0.429. The SMILES string of the molecule is CCOc1cc(CNC(C)(C)CC)cc(Cl)c1OCc1ccc(Cl)cc1. The molecule has 0 fully saturated rings. The molecule has 0 spiro atoms. The highest BCUT2D eigenvalue weighted by Gasteiger charge is 2.16. The van der Waals surface area contributed by atoms with E-state index in [1.165, 1.54) is 0 Å². The van der Waals surface area contributed by atoms with Crippen molar-refractivity contribution in [1.29, 1.82) is 0 Å². The Morgan fingerprint density at radius 3 is 2.27 bits per heavy atom. The normalized spacial score (nSPS) is 11.5. The summed E-state index contributed by atoms with van der Waals surface area (Å²) in [5.41, 5.74) is 2.16. The van der Waals surface area contributed by atoms with Gasteiger partial charge in [-0.15, -0.1) is 0 Å². The summed E-state index contributed by atoms with van der Waals surface area (Å²) in [5.74, 6) is 1.24. The van der Waals surface area contributed by atoms with Gasteiger partial charge in [0, 0.05) is 17.1 Å². The first-order valence-electron chi connectivity index (χ1n) is 8.92. The molecule has 0 radical (unpaired) electrons. The largest absolute Gasteiger partial charge is 0.490 e. The molecule has 1 N–H and O–H groups in total. The van der Waals surface area contributed by atoms with Crippen molar-refractivity contribution in [2.75, 3.05) is 6.61 Å². The van der Waals surface area contributed by atoms with E-state index in [0.29, 0.717) is 34.8 Å². The van der Waals surface area contributed by atoms with Crippen LogP contribution in [0.1, 0.15) is 45.2 Å². The van der Waals surface area contributed by atoms with Crippen molar-refractivity contribution in [3.8, 4) is 11.5 Å². The summed E-state index contributed by atoms with van der Waals surface area (Å²) < 4.78 is 11.7. The molecular weight excluding hydrogens is 369 g/mol. The lowest BCUT2D eigenvalue weighted by molar-refractivity contribution is 0.269. The number of benzene rings is 2. The number of halogens is 2. The van der Waals surface area contributed by atoms with Crippen LogP contribution in [0.3, 0.4) is 0 Å². The molecule has 0 atom stereocenters. The highest BCUT2D eigenvalue weighted by atomic mass is 35.5. The first kappa shape index (κ1) is 20.9. The van der Waals surface area contributed by atoms with Crippen LogP contribution >= 0.6 is 23.2 Å². The average Bonchev–Trinajstić information content (AvgIpc) is 2.61. The quantitative estimate of drug-likeness (QED) is 0.544. The molecule has 0 bridgehead atoms. The minimum atomic E-state index is 0.0714. The van der Waals surface area contributed by atoms with E-state index in [1.807, 2.05) is 43.3 Å². The summed E-state index contributed by atoms with van der Waals surface area (Å²) >= 11 is 12.4. The average molecular weight is 396 g/mol. The monoisotopic (exact) mass is 395 g/mol. The van der Waals surface area contributed by atoms with E-state index >= 15 is 0 Å². The van der Waals surface area contributed by atoms with Gasteiger partial charge < -0.3 is 14.8 Å². The van der Waals surface area contributed by atoms with Crippen molar-refractivity contribution < 1.29 is 9.47 Å². The number of hydrogen-bond acceptors (Lipinski definition) is 3. The molecule has 0 saturated heterocycles. The van der Waals surface area contributed by atoms with Crippen LogP contribution in [0.5, 0.6) is 11.5 Å². The van der Waals surface area contributed by atoms with E-state index < -0.39 is 0 Å². The molecule has 26 heavy (non-hydrogen) atoms. The fourth-order valence-corrected chi connectivity index (χ4v) is 2.74. The van der Waals surface area contributed by atoms with Gasteiger partial charge >= 0.3 is 0 Å². The van der Waals surface area contributed by atoms with E-state index in [0.717, 1.165) is 24.1 Å². The van der Waals surface area contributed by atoms with Crippen LogP contribution in [-0.4, -0.2) is 12.1 Å². The maximum absolute atomic E-state index is 6.49. The second kappa shape index (κ2) is 9.50. The maximum Gasteiger partial charge on any atom is 0.180 e. The number of rotatable bonds is 9. The second-order valence-electron chi connectivity index (χ2n) is 6.84. The van der Waals surface area contributed by atoms with Crippen molar-refractivity contribution in [3.63, 3.8) is 0 Å². The van der Waals surface area contributed by atoms with Crippen LogP contribution < -0.4 is 14.8 Å². The molecule has 0 aliphatic rings. The van der Waals surface area contributed by atoms with Gasteiger partial charge in [-0.3, -0.25) is 0 Å². The summed E-state index contributed by atoms with van der Waals surface area (Å²) in [4.78, 5) is 0. The smallest absolute Gasteiger partial charge is 0.180 e. The standard InChI is InChI=1S/C21H27Cl2NO2/c1-5-21(3,4)24-13-16-11-18(23)20(19(12-16)25-6-2)26-14-15-7-9-17(22)10-8-15/h7-12,24H,5-6,13-14H2,1-4H3. The van der Waals surface area contributed by atoms with E-state index in [9.17, 15) is 0 Å². The van der Waals surface area contributed by atoms with Gasteiger partial charge in [0.15, 0.2) is 11.5 Å². The minimum Gasteiger partial charge on any atom is -0.490 e. The molecule has 142 valence electrons. The zero-order chi connectivity index (χ0) is 19.2. The Morgan fingerprint density at radius 1 is 0.962 bits per heavy atom. The Bertz CT molecular complexity index is 715. The highest BCUT2D eigenvalue weighted by molar-refractivity contribution is 6.32. The number of hydrogen-bond donors (Lipinski definition) is 1. The Balaban J connectivity index is 2.15. The third-order valence-electron chi connectivity index (χ3n) is 4.32. The molecule has 2 rings (SSSR count). The molecule has 2 aromatic carbocycles. The Morgan fingerprint density at radius 2 is 1.65 bits per heavy atom. The van der Waals surface area contributed by atoms with Gasteiger partial charge in [0.1, 0.15) is 6.61 Å². The summed E-state index contributed by atoms with van der Waals surface area (Å²) in [6, 6.07) is 11.5. The van der Waals surface area contributed by atoms with E-state index in [2.05, 4.69) is 26.1 Å². The summed E-state index contributed by atoms with van der Waals surface area (Å²) in [5, 5.41) is 4.79. The van der Waals surface area contributed by atoms with Crippen molar-refractivity contribution >= 4 is 23.2 Å². The molecule has 0 heterocycles. The van der Waals surface area contributed by atoms with Crippen LogP contribution in [0, 0.1) is 0 Å². The molecular formula is C21H27Cl2NO2. The Labute approximate surface area is 166 Å². The molecule has 0 aliphatic heterocycles. The minimum absolute atomic E-state index is 0.0714. The van der Waals surface area contributed by atoms with Crippen LogP contribution in [-0.2, 0) is 13.2 Å². The van der Waals surface area contributed by atoms with E-state index in [4.69, 9.17) is 32.7 Å². The summed E-state index contributed by atoms with van der Waals surface area (Å²) in [6.07, 6.45) is 1.04. The lowest BCUT2D eigenvalue weighted by atomic mass is 10.0. The predicted octanol–water partition coefficient (Wildman–Crippen LogP) is 6.25. The number of nitrogens with one attached hydrogen (secondary N) is 1. The molecule has 0 amide bonds. The van der Waals surface area contributed by atoms with Crippen molar-refractivity contribution in [2.45, 2.75) is 52.8 Å². The first-order valence-corrected chi connectivity index (χ1v) is 9.67. The molecule has 0 aliphatic carbocycles. The third kappa shape index (κ3) is 6.08. The van der Waals surface area contributed by atoms with Crippen molar-refractivity contribution in [1.82, 2.24) is 5.32 Å². The summed E-state index contributed by atoms with van der Waals surface area (Å²) in [6.45, 7) is 10.1. The second-order valence-corrected chi connectivity index (χ2v) is 7.69. The molecule has 0 unspecified atom stereocenters. The molecule has 2 aromatic rings. The van der Waals surface area contributed by atoms with Crippen LogP contribution in [0.25, 0.3) is 0 Å². The topological polar surface area (TPSA) is 30.5 Å². The molecule has 3 nitrogen and oxygen atoms in total. The van der Waals surface area contributed by atoms with Crippen LogP contribution in [0.2, 0.25) is 10.0 Å². The zero-order valence-corrected chi connectivity index (χ0v) is 17.4. The molecule has 5 heteroatoms. The summed E-state index contributed by atoms with van der Waals surface area (Å²) in [7, 11) is 0. The fourth-order valence-electron chi connectivity index (χ4n) is 2.33. The zero-order valence-electron chi connectivity index (χ0n) is 15.9. The lowest BCUT2D eigenvalue weighted by Gasteiger charge is -2.25. The van der Waals surface area contributed by atoms with Gasteiger partial charge in [-0.05, 0) is 62.6 Å². The van der Waals surface area contributed by atoms with Crippen molar-refractivity contribution in [2.24, 2.45) is 0 Å².